The van der Waals surface area contributed by atoms with Crippen molar-refractivity contribution in [1.82, 2.24) is 4.90 Å². The van der Waals surface area contributed by atoms with Gasteiger partial charge in [-0.05, 0) is 19.4 Å². The number of nitrogens with zero attached hydrogens (tertiary/aromatic N) is 2. The lowest BCUT2D eigenvalue weighted by molar-refractivity contribution is 0.649. The summed E-state index contributed by atoms with van der Waals surface area (Å²) >= 11 is 0. The maximum atomic E-state index is 4.22. The van der Waals surface area contributed by atoms with Crippen molar-refractivity contribution in [3.8, 4) is 0 Å². The van der Waals surface area contributed by atoms with E-state index in [1.54, 1.807) is 0 Å². The van der Waals surface area contributed by atoms with Crippen molar-refractivity contribution in [2.24, 2.45) is 4.99 Å². The van der Waals surface area contributed by atoms with Crippen LogP contribution in [0.4, 0.5) is 0 Å². The summed E-state index contributed by atoms with van der Waals surface area (Å²) in [5.74, 6) is 0. The van der Waals surface area contributed by atoms with Gasteiger partial charge in [-0.3, -0.25) is 4.99 Å². The van der Waals surface area contributed by atoms with Gasteiger partial charge in [0.1, 0.15) is 0 Å². The average molecular weight is 154 g/mol. The third kappa shape index (κ3) is 3.21. The van der Waals surface area contributed by atoms with Gasteiger partial charge in [0, 0.05) is 13.2 Å². The summed E-state index contributed by atoms with van der Waals surface area (Å²) in [5.41, 5.74) is 1.32. The van der Waals surface area contributed by atoms with E-state index in [2.05, 4.69) is 25.0 Å². The zero-order chi connectivity index (χ0) is 8.85. The van der Waals surface area contributed by atoms with Gasteiger partial charge in [-0.2, -0.15) is 0 Å². The quantitative estimate of drug-likeness (QED) is 0.522. The number of hydrogen-bond donors (Lipinski definition) is 0. The minimum Gasteiger partial charge on any atom is -0.342 e. The molecule has 0 fully saturated rings. The molecule has 1 atom stereocenters. The second kappa shape index (κ2) is 4.94. The third-order valence-electron chi connectivity index (χ3n) is 1.54. The molecule has 0 N–H and O–H groups in total. The average Bonchev–Trinajstić information content (AvgIpc) is 2.02. The van der Waals surface area contributed by atoms with Crippen molar-refractivity contribution >= 4 is 6.34 Å². The first kappa shape index (κ1) is 10.2. The van der Waals surface area contributed by atoms with Crippen LogP contribution in [-0.2, 0) is 0 Å². The molecular weight excluding hydrogens is 136 g/mol. The first-order chi connectivity index (χ1) is 5.20. The van der Waals surface area contributed by atoms with E-state index in [1.807, 2.05) is 32.1 Å². The van der Waals surface area contributed by atoms with Crippen LogP contribution in [0.25, 0.3) is 0 Å². The first-order valence-electron chi connectivity index (χ1n) is 4.13. The van der Waals surface area contributed by atoms with E-state index in [-0.39, 0.29) is 0 Å². The van der Waals surface area contributed by atoms with Crippen LogP contribution in [0.15, 0.2) is 16.8 Å². The molecule has 2 nitrogen and oxygen atoms in total. The van der Waals surface area contributed by atoms with E-state index in [4.69, 9.17) is 0 Å². The summed E-state index contributed by atoms with van der Waals surface area (Å²) in [5, 5.41) is 0. The molecule has 0 aromatic heterocycles. The lowest BCUT2D eigenvalue weighted by Gasteiger charge is -2.17. The van der Waals surface area contributed by atoms with Gasteiger partial charge in [0.15, 0.2) is 0 Å². The van der Waals surface area contributed by atoms with Crippen molar-refractivity contribution in [3.63, 3.8) is 0 Å². The fourth-order valence-corrected chi connectivity index (χ4v) is 0.785. The summed E-state index contributed by atoms with van der Waals surface area (Å²) in [6.45, 7) is 8.19. The Morgan fingerprint density at radius 1 is 1.45 bits per heavy atom. The maximum Gasteiger partial charge on any atom is 0.0894 e. The first-order valence-corrected chi connectivity index (χ1v) is 4.13. The van der Waals surface area contributed by atoms with Gasteiger partial charge < -0.3 is 4.90 Å². The van der Waals surface area contributed by atoms with Crippen LogP contribution in [0.2, 0.25) is 0 Å². The molecule has 0 radical (unpaired) electrons. The highest BCUT2D eigenvalue weighted by Crippen LogP contribution is 2.08. The third-order valence-corrected chi connectivity index (χ3v) is 1.54. The minimum absolute atomic E-state index is 0.376. The molecule has 2 heteroatoms. The summed E-state index contributed by atoms with van der Waals surface area (Å²) in [4.78, 5) is 6.19. The fourth-order valence-electron chi connectivity index (χ4n) is 0.785. The molecule has 0 aromatic carbocycles. The normalized spacial score (nSPS) is 22.1. The Hall–Kier alpha value is -0.790. The van der Waals surface area contributed by atoms with Crippen LogP contribution >= 0.6 is 0 Å². The monoisotopic (exact) mass is 154 g/mol. The second-order valence-electron chi connectivity index (χ2n) is 2.48. The van der Waals surface area contributed by atoms with E-state index < -0.39 is 0 Å². The highest BCUT2D eigenvalue weighted by Gasteiger charge is 2.05. The molecule has 1 aliphatic rings. The van der Waals surface area contributed by atoms with Gasteiger partial charge in [0.25, 0.3) is 0 Å². The number of aliphatic imine (C=N–C) groups is 1. The molecule has 0 bridgehead atoms. The van der Waals surface area contributed by atoms with Gasteiger partial charge in [-0.15, -0.1) is 0 Å². The van der Waals surface area contributed by atoms with Crippen molar-refractivity contribution < 1.29 is 0 Å². The highest BCUT2D eigenvalue weighted by atomic mass is 15.1. The maximum absolute atomic E-state index is 4.22. The van der Waals surface area contributed by atoms with Crippen LogP contribution in [0.5, 0.6) is 0 Å². The van der Waals surface area contributed by atoms with Crippen molar-refractivity contribution in [3.05, 3.63) is 11.8 Å². The number of rotatable bonds is 0. The fraction of sp³-hybridized carbons (Fsp3) is 0.667. The van der Waals surface area contributed by atoms with Gasteiger partial charge in [-0.25, -0.2) is 0 Å². The Bertz CT molecular complexity index is 159. The van der Waals surface area contributed by atoms with Crippen molar-refractivity contribution in [2.75, 3.05) is 7.05 Å². The molecule has 0 amide bonds. The van der Waals surface area contributed by atoms with Crippen LogP contribution in [0.1, 0.15) is 27.7 Å². The highest BCUT2D eigenvalue weighted by molar-refractivity contribution is 5.58. The smallest absolute Gasteiger partial charge is 0.0894 e. The lowest BCUT2D eigenvalue weighted by atomic mass is 10.1. The summed E-state index contributed by atoms with van der Waals surface area (Å²) in [7, 11) is 1.98. The Kier molecular flexibility index (Phi) is 4.59. The lowest BCUT2D eigenvalue weighted by Crippen LogP contribution is -2.17. The second-order valence-corrected chi connectivity index (χ2v) is 2.48. The van der Waals surface area contributed by atoms with E-state index in [9.17, 15) is 0 Å². The van der Waals surface area contributed by atoms with E-state index in [0.717, 1.165) is 0 Å². The van der Waals surface area contributed by atoms with E-state index >= 15 is 0 Å². The minimum atomic E-state index is 0.376. The SMILES string of the molecule is CC.CC1=CN(C)C=NC1C. The molecule has 11 heavy (non-hydrogen) atoms. The zero-order valence-electron chi connectivity index (χ0n) is 8.13. The van der Waals surface area contributed by atoms with E-state index in [0.29, 0.717) is 6.04 Å². The van der Waals surface area contributed by atoms with Crippen LogP contribution in [0, 0.1) is 0 Å². The molecule has 0 spiro atoms. The molecule has 0 saturated carbocycles. The predicted octanol–water partition coefficient (Wildman–Crippen LogP) is 2.28. The van der Waals surface area contributed by atoms with Gasteiger partial charge >= 0.3 is 0 Å². The van der Waals surface area contributed by atoms with Crippen LogP contribution in [-0.4, -0.2) is 24.3 Å². The molecule has 1 heterocycles. The largest absolute Gasteiger partial charge is 0.342 e. The molecule has 0 aliphatic carbocycles. The van der Waals surface area contributed by atoms with Crippen LogP contribution < -0.4 is 0 Å². The van der Waals surface area contributed by atoms with Crippen molar-refractivity contribution in [2.45, 2.75) is 33.7 Å². The van der Waals surface area contributed by atoms with E-state index in [1.165, 1.54) is 5.57 Å². The summed E-state index contributed by atoms with van der Waals surface area (Å²) < 4.78 is 0. The summed E-state index contributed by atoms with van der Waals surface area (Å²) in [6, 6.07) is 0.376. The standard InChI is InChI=1S/C7H12N2.C2H6/c1-6-4-9(3)5-8-7(6)2;1-2/h4-5,7H,1-3H3;1-2H3. The molecule has 1 rings (SSSR count). The van der Waals surface area contributed by atoms with Gasteiger partial charge in [0.05, 0.1) is 12.4 Å². The van der Waals surface area contributed by atoms with Gasteiger partial charge in [-0.1, -0.05) is 13.8 Å². The van der Waals surface area contributed by atoms with Gasteiger partial charge in [0.2, 0.25) is 0 Å². The Balaban J connectivity index is 0.000000461. The summed E-state index contributed by atoms with van der Waals surface area (Å²) in [6.07, 6.45) is 3.94. The Labute approximate surface area is 69.6 Å². The zero-order valence-corrected chi connectivity index (χ0v) is 8.13. The topological polar surface area (TPSA) is 15.6 Å². The molecule has 1 unspecified atom stereocenters. The molecule has 0 aromatic rings. The molecule has 1 aliphatic heterocycles. The number of hydrogen-bond acceptors (Lipinski definition) is 2. The Morgan fingerprint density at radius 3 is 2.36 bits per heavy atom. The predicted molar refractivity (Wildman–Crippen MR) is 50.8 cm³/mol. The van der Waals surface area contributed by atoms with Crippen molar-refractivity contribution in [1.29, 1.82) is 0 Å². The molecule has 0 saturated heterocycles. The molecule has 64 valence electrons. The Morgan fingerprint density at radius 2 is 2.00 bits per heavy atom. The molecular formula is C9H18N2. The van der Waals surface area contributed by atoms with Crippen LogP contribution in [0.3, 0.4) is 0 Å².